The number of hydrogen-bond donors (Lipinski definition) is 0. The van der Waals surface area contributed by atoms with Crippen LogP contribution in [0.1, 0.15) is 65.8 Å². The first-order chi connectivity index (χ1) is 20.5. The summed E-state index contributed by atoms with van der Waals surface area (Å²) in [6.45, 7) is 23.0. The Labute approximate surface area is 263 Å². The van der Waals surface area contributed by atoms with Gasteiger partial charge in [-0.05, 0) is 68.8 Å². The number of ether oxygens (including phenoxy) is 2. The molecule has 1 atom stereocenters. The van der Waals surface area contributed by atoms with Gasteiger partial charge in [0.25, 0.3) is 0 Å². The van der Waals surface area contributed by atoms with Crippen LogP contribution in [0.2, 0.25) is 18.1 Å². The number of halogens is 1. The molecule has 0 saturated carbocycles. The van der Waals surface area contributed by atoms with Crippen molar-refractivity contribution in [1.29, 1.82) is 0 Å². The van der Waals surface area contributed by atoms with Crippen LogP contribution in [0.15, 0.2) is 28.8 Å². The van der Waals surface area contributed by atoms with Gasteiger partial charge in [-0.1, -0.05) is 58.8 Å². The minimum atomic E-state index is -2.04. The molecule has 1 saturated heterocycles. The molecule has 44 heavy (non-hydrogen) atoms. The first-order valence-corrected chi connectivity index (χ1v) is 18.5. The van der Waals surface area contributed by atoms with E-state index in [1.54, 1.807) is 13.8 Å². The molecule has 0 bridgehead atoms. The Morgan fingerprint density at radius 1 is 1.09 bits per heavy atom. The van der Waals surface area contributed by atoms with Crippen LogP contribution in [-0.4, -0.2) is 62.5 Å². The summed E-state index contributed by atoms with van der Waals surface area (Å²) in [4.78, 5) is 11.4. The maximum atomic E-state index is 16.2. The largest absolute Gasteiger partial charge is 0.491 e. The Balaban J connectivity index is 1.68. The molecule has 2 aromatic heterocycles. The molecule has 10 heteroatoms. The second kappa shape index (κ2) is 13.3. The van der Waals surface area contributed by atoms with E-state index in [2.05, 4.69) is 66.2 Å². The number of anilines is 1. The molecule has 1 aromatic carbocycles. The first-order valence-electron chi connectivity index (χ1n) is 15.6. The fraction of sp³-hybridized carbons (Fsp3) is 0.588. The molecule has 1 aliphatic rings. The highest BCUT2D eigenvalue weighted by atomic mass is 28.4. The molecule has 241 valence electrons. The molecule has 4 rings (SSSR count). The lowest BCUT2D eigenvalue weighted by atomic mass is 9.89. The van der Waals surface area contributed by atoms with Crippen molar-refractivity contribution in [3.05, 3.63) is 48.0 Å². The predicted octanol–water partition coefficient (Wildman–Crippen LogP) is 8.19. The third-order valence-corrected chi connectivity index (χ3v) is 13.1. The van der Waals surface area contributed by atoms with Crippen molar-refractivity contribution < 1.29 is 22.8 Å². The van der Waals surface area contributed by atoms with Gasteiger partial charge in [-0.2, -0.15) is 0 Å². The van der Waals surface area contributed by atoms with Crippen molar-refractivity contribution in [3.63, 3.8) is 0 Å². The maximum Gasteiger partial charge on any atom is 0.192 e. The number of hydrogen-bond acceptors (Lipinski definition) is 8. The summed E-state index contributed by atoms with van der Waals surface area (Å²) in [5, 5.41) is 4.13. The molecule has 0 spiro atoms. The molecule has 0 amide bonds. The molecule has 1 fully saturated rings. The lowest BCUT2D eigenvalue weighted by Crippen LogP contribution is -2.46. The molecule has 0 aliphatic carbocycles. The number of aryl methyl sites for hydroxylation is 2. The topological polar surface area (TPSA) is 82.7 Å². The molecule has 8 nitrogen and oxygen atoms in total. The van der Waals surface area contributed by atoms with Crippen LogP contribution in [0.4, 0.5) is 10.2 Å². The van der Waals surface area contributed by atoms with Crippen molar-refractivity contribution in [2.24, 2.45) is 5.41 Å². The molecular weight excluding hydrogens is 575 g/mol. The van der Waals surface area contributed by atoms with E-state index in [-0.39, 0.29) is 34.1 Å². The SMILES string of the molecule is Cc1noc(C)c1-c1nc(-c2cccc(OCC([CH]C(C)(C)C)O[Si](C)(C)C(C)(C)C)c2)nc(N(C)C2CCOCC2)c1F. The highest BCUT2D eigenvalue weighted by Crippen LogP contribution is 2.39. The van der Waals surface area contributed by atoms with E-state index in [9.17, 15) is 0 Å². The van der Waals surface area contributed by atoms with E-state index in [4.69, 9.17) is 28.4 Å². The predicted molar refractivity (Wildman–Crippen MR) is 176 cm³/mol. The van der Waals surface area contributed by atoms with E-state index < -0.39 is 14.1 Å². The van der Waals surface area contributed by atoms with E-state index in [0.717, 1.165) is 18.4 Å². The molecule has 0 N–H and O–H groups in total. The highest BCUT2D eigenvalue weighted by Gasteiger charge is 2.40. The fourth-order valence-corrected chi connectivity index (χ4v) is 6.41. The standard InChI is InChI=1S/C34H50FN4O4Si/c1-22-28(23(2)42-38-22)30-29(35)32(39(9)25-15-17-40-18-16-25)37-31(36-30)24-13-12-14-26(19-24)41-21-27(20-33(3,4)5)43-44(10,11)34(6,7)8/h12-14,19-20,25,27H,15-18,21H2,1-11H3. The van der Waals surface area contributed by atoms with Gasteiger partial charge in [0.1, 0.15) is 23.8 Å². The van der Waals surface area contributed by atoms with E-state index in [1.807, 2.05) is 36.2 Å². The summed E-state index contributed by atoms with van der Waals surface area (Å²) < 4.78 is 40.3. The molecule has 3 heterocycles. The smallest absolute Gasteiger partial charge is 0.192 e. The Morgan fingerprint density at radius 3 is 2.36 bits per heavy atom. The fourth-order valence-electron chi connectivity index (χ4n) is 5.16. The summed E-state index contributed by atoms with van der Waals surface area (Å²) in [5.74, 6) is 1.32. The number of rotatable bonds is 10. The maximum absolute atomic E-state index is 16.2. The lowest BCUT2D eigenvalue weighted by molar-refractivity contribution is 0.0852. The van der Waals surface area contributed by atoms with Crippen LogP contribution in [-0.2, 0) is 9.16 Å². The van der Waals surface area contributed by atoms with Crippen molar-refractivity contribution in [2.45, 2.75) is 98.5 Å². The molecule has 1 unspecified atom stereocenters. The molecule has 3 aromatic rings. The quantitative estimate of drug-likeness (QED) is 0.209. The van der Waals surface area contributed by atoms with Gasteiger partial charge in [0.05, 0.1) is 17.4 Å². The zero-order valence-electron chi connectivity index (χ0n) is 28.4. The Kier molecular flexibility index (Phi) is 10.3. The minimum absolute atomic E-state index is 0.0400. The Hall–Kier alpha value is -2.82. The molecule has 1 radical (unpaired) electrons. The number of nitrogens with zero attached hydrogens (tertiary/aromatic N) is 4. The highest BCUT2D eigenvalue weighted by molar-refractivity contribution is 6.74. The van der Waals surface area contributed by atoms with Crippen molar-refractivity contribution >= 4 is 14.1 Å². The van der Waals surface area contributed by atoms with Gasteiger partial charge in [0.15, 0.2) is 25.8 Å². The first kappa shape index (κ1) is 34.1. The average molecular weight is 626 g/mol. The molecule has 1 aliphatic heterocycles. The van der Waals surface area contributed by atoms with Crippen LogP contribution >= 0.6 is 0 Å². The van der Waals surface area contributed by atoms with Crippen molar-refractivity contribution in [2.75, 3.05) is 31.8 Å². The number of aromatic nitrogens is 3. The monoisotopic (exact) mass is 625 g/mol. The van der Waals surface area contributed by atoms with Gasteiger partial charge < -0.3 is 23.3 Å². The van der Waals surface area contributed by atoms with Gasteiger partial charge >= 0.3 is 0 Å². The zero-order valence-corrected chi connectivity index (χ0v) is 29.4. The van der Waals surface area contributed by atoms with Gasteiger partial charge in [0.2, 0.25) is 0 Å². The zero-order chi connectivity index (χ0) is 32.4. The van der Waals surface area contributed by atoms with Crippen LogP contribution in [0.5, 0.6) is 5.75 Å². The van der Waals surface area contributed by atoms with Gasteiger partial charge in [-0.25, -0.2) is 14.4 Å². The molecular formula is C34H50FN4O4Si. The van der Waals surface area contributed by atoms with Crippen molar-refractivity contribution in [1.82, 2.24) is 15.1 Å². The average Bonchev–Trinajstić information content (AvgIpc) is 3.28. The number of benzene rings is 1. The van der Waals surface area contributed by atoms with E-state index in [0.29, 0.717) is 48.4 Å². The second-order valence-corrected chi connectivity index (χ2v) is 19.2. The van der Waals surface area contributed by atoms with Gasteiger partial charge in [-0.3, -0.25) is 0 Å². The summed E-state index contributed by atoms with van der Waals surface area (Å²) in [6.07, 6.45) is 3.65. The van der Waals surface area contributed by atoms with Crippen molar-refractivity contribution in [3.8, 4) is 28.4 Å². The van der Waals surface area contributed by atoms with Gasteiger partial charge in [-0.15, -0.1) is 0 Å². The van der Waals surface area contributed by atoms with Crippen LogP contribution in [0, 0.1) is 31.5 Å². The Bertz CT molecular complexity index is 1400. The van der Waals surface area contributed by atoms with Gasteiger partial charge in [0, 0.05) is 31.9 Å². The third-order valence-electron chi connectivity index (χ3n) is 8.62. The summed E-state index contributed by atoms with van der Waals surface area (Å²) in [6, 6.07) is 7.75. The van der Waals surface area contributed by atoms with E-state index in [1.165, 1.54) is 0 Å². The minimum Gasteiger partial charge on any atom is -0.491 e. The Morgan fingerprint density at radius 2 is 1.77 bits per heavy atom. The van der Waals surface area contributed by atoms with Crippen LogP contribution < -0.4 is 9.64 Å². The van der Waals surface area contributed by atoms with E-state index >= 15 is 4.39 Å². The summed E-state index contributed by atoms with van der Waals surface area (Å²) in [5.41, 5.74) is 1.98. The van der Waals surface area contributed by atoms with Crippen LogP contribution in [0.25, 0.3) is 22.6 Å². The summed E-state index contributed by atoms with van der Waals surface area (Å²) >= 11 is 0. The van der Waals surface area contributed by atoms with Crippen LogP contribution in [0.3, 0.4) is 0 Å². The normalized spacial score (nSPS) is 15.8. The third kappa shape index (κ3) is 8.06. The lowest BCUT2D eigenvalue weighted by Gasteiger charge is -2.40. The summed E-state index contributed by atoms with van der Waals surface area (Å²) in [7, 11) is -0.156. The second-order valence-electron chi connectivity index (χ2n) is 14.5.